The molecule has 0 aliphatic carbocycles. The minimum atomic E-state index is -0.567. The third-order valence-electron chi connectivity index (χ3n) is 2.49. The number of carbonyl (C=O) groups is 1. The van der Waals surface area contributed by atoms with E-state index in [1.165, 1.54) is 6.20 Å². The number of carbonyl (C=O) groups excluding carboxylic acids is 1. The lowest BCUT2D eigenvalue weighted by atomic mass is 10.4. The number of aromatic nitrogens is 6. The van der Waals surface area contributed by atoms with Crippen LogP contribution in [0.4, 0.5) is 4.79 Å². The molecule has 3 rings (SSSR count). The molecule has 3 aromatic heterocycles. The molecule has 8 nitrogen and oxygen atoms in total. The standard InChI is InChI=1S/C11H10N6O2/c1-2-19-11(18)16-7-8(14-15-16)9-6-12-10-4-3-5-13-17(9)10/h3-7H,2H2,1H3. The van der Waals surface area contributed by atoms with Crippen LogP contribution < -0.4 is 0 Å². The molecule has 0 spiro atoms. The molecule has 0 saturated heterocycles. The highest BCUT2D eigenvalue weighted by Crippen LogP contribution is 2.16. The van der Waals surface area contributed by atoms with E-state index in [1.54, 1.807) is 29.9 Å². The summed E-state index contributed by atoms with van der Waals surface area (Å²) in [5, 5.41) is 11.8. The fourth-order valence-corrected chi connectivity index (χ4v) is 1.66. The fourth-order valence-electron chi connectivity index (χ4n) is 1.66. The highest BCUT2D eigenvalue weighted by Gasteiger charge is 2.14. The fraction of sp³-hybridized carbons (Fsp3) is 0.182. The van der Waals surface area contributed by atoms with Crippen molar-refractivity contribution in [3.05, 3.63) is 30.7 Å². The second-order valence-corrected chi connectivity index (χ2v) is 3.68. The molecule has 3 aromatic rings. The molecule has 0 unspecified atom stereocenters. The molecule has 0 amide bonds. The topological polar surface area (TPSA) is 87.2 Å². The molecule has 0 N–H and O–H groups in total. The molecule has 96 valence electrons. The predicted octanol–water partition coefficient (Wildman–Crippen LogP) is 0.992. The van der Waals surface area contributed by atoms with E-state index in [0.717, 1.165) is 4.68 Å². The van der Waals surface area contributed by atoms with Crippen LogP contribution in [0, 0.1) is 0 Å². The van der Waals surface area contributed by atoms with E-state index < -0.39 is 6.09 Å². The van der Waals surface area contributed by atoms with Gasteiger partial charge in [-0.2, -0.15) is 9.78 Å². The highest BCUT2D eigenvalue weighted by atomic mass is 16.6. The summed E-state index contributed by atoms with van der Waals surface area (Å²) >= 11 is 0. The lowest BCUT2D eigenvalue weighted by molar-refractivity contribution is 0.150. The Hall–Kier alpha value is -2.77. The van der Waals surface area contributed by atoms with Crippen molar-refractivity contribution < 1.29 is 9.53 Å². The summed E-state index contributed by atoms with van der Waals surface area (Å²) in [7, 11) is 0. The number of rotatable bonds is 2. The van der Waals surface area contributed by atoms with Crippen molar-refractivity contribution in [1.29, 1.82) is 0 Å². The Morgan fingerprint density at radius 3 is 3.21 bits per heavy atom. The molecule has 3 heterocycles. The summed E-state index contributed by atoms with van der Waals surface area (Å²) in [5.74, 6) is 0. The number of hydrogen-bond donors (Lipinski definition) is 0. The Morgan fingerprint density at radius 2 is 2.37 bits per heavy atom. The van der Waals surface area contributed by atoms with Crippen molar-refractivity contribution >= 4 is 11.7 Å². The molecule has 0 aliphatic heterocycles. The second-order valence-electron chi connectivity index (χ2n) is 3.68. The first-order chi connectivity index (χ1) is 9.29. The molecule has 8 heteroatoms. The van der Waals surface area contributed by atoms with E-state index in [0.29, 0.717) is 17.0 Å². The van der Waals surface area contributed by atoms with Gasteiger partial charge >= 0.3 is 6.09 Å². The van der Waals surface area contributed by atoms with E-state index in [1.807, 2.05) is 6.07 Å². The Kier molecular flexibility index (Phi) is 2.67. The van der Waals surface area contributed by atoms with E-state index in [2.05, 4.69) is 20.4 Å². The first-order valence-electron chi connectivity index (χ1n) is 5.68. The molecule has 19 heavy (non-hydrogen) atoms. The zero-order chi connectivity index (χ0) is 13.2. The van der Waals surface area contributed by atoms with Crippen molar-refractivity contribution in [3.63, 3.8) is 0 Å². The second kappa shape index (κ2) is 4.48. The molecule has 0 aromatic carbocycles. The average Bonchev–Trinajstić information content (AvgIpc) is 3.05. The maximum absolute atomic E-state index is 11.5. The van der Waals surface area contributed by atoms with Crippen molar-refractivity contribution in [3.8, 4) is 11.4 Å². The molecule has 0 saturated carbocycles. The van der Waals surface area contributed by atoms with Gasteiger partial charge in [0.25, 0.3) is 0 Å². The van der Waals surface area contributed by atoms with Crippen LogP contribution in [0.5, 0.6) is 0 Å². The van der Waals surface area contributed by atoms with Crippen LogP contribution >= 0.6 is 0 Å². The van der Waals surface area contributed by atoms with Crippen molar-refractivity contribution in [1.82, 2.24) is 29.6 Å². The smallest absolute Gasteiger partial charge is 0.436 e. The summed E-state index contributed by atoms with van der Waals surface area (Å²) in [6.45, 7) is 2.01. The Morgan fingerprint density at radius 1 is 1.47 bits per heavy atom. The van der Waals surface area contributed by atoms with Crippen LogP contribution in [0.3, 0.4) is 0 Å². The normalized spacial score (nSPS) is 10.8. The maximum atomic E-state index is 11.5. The first kappa shape index (κ1) is 11.3. The van der Waals surface area contributed by atoms with Crippen LogP contribution in [0.25, 0.3) is 17.0 Å². The van der Waals surface area contributed by atoms with E-state index in [4.69, 9.17) is 4.74 Å². The van der Waals surface area contributed by atoms with Gasteiger partial charge in [-0.05, 0) is 19.1 Å². The molecular formula is C11H10N6O2. The van der Waals surface area contributed by atoms with Gasteiger partial charge < -0.3 is 4.74 Å². The quantitative estimate of drug-likeness (QED) is 0.681. The van der Waals surface area contributed by atoms with E-state index in [9.17, 15) is 4.79 Å². The van der Waals surface area contributed by atoms with Gasteiger partial charge in [0.05, 0.1) is 19.0 Å². The third kappa shape index (κ3) is 1.92. The molecule has 0 radical (unpaired) electrons. The number of ether oxygens (including phenoxy) is 1. The summed E-state index contributed by atoms with van der Waals surface area (Å²) in [6, 6.07) is 3.62. The van der Waals surface area contributed by atoms with Gasteiger partial charge in [-0.1, -0.05) is 5.21 Å². The van der Waals surface area contributed by atoms with Crippen LogP contribution in [0.15, 0.2) is 30.7 Å². The monoisotopic (exact) mass is 258 g/mol. The van der Waals surface area contributed by atoms with Crippen molar-refractivity contribution in [2.75, 3.05) is 6.61 Å². The molecule has 0 atom stereocenters. The number of fused-ring (bicyclic) bond motifs is 1. The Labute approximate surface area is 107 Å². The molecular weight excluding hydrogens is 248 g/mol. The maximum Gasteiger partial charge on any atom is 0.436 e. The van der Waals surface area contributed by atoms with Crippen LogP contribution in [0.2, 0.25) is 0 Å². The van der Waals surface area contributed by atoms with Crippen LogP contribution in [-0.2, 0) is 4.74 Å². The summed E-state index contributed by atoms with van der Waals surface area (Å²) in [5.41, 5.74) is 1.86. The summed E-state index contributed by atoms with van der Waals surface area (Å²) in [4.78, 5) is 15.7. The van der Waals surface area contributed by atoms with Gasteiger partial charge in [0.1, 0.15) is 11.4 Å². The molecule has 0 aliphatic rings. The van der Waals surface area contributed by atoms with E-state index >= 15 is 0 Å². The van der Waals surface area contributed by atoms with Gasteiger partial charge in [-0.3, -0.25) is 0 Å². The lowest BCUT2D eigenvalue weighted by Crippen LogP contribution is -2.13. The van der Waals surface area contributed by atoms with Crippen LogP contribution in [0.1, 0.15) is 6.92 Å². The van der Waals surface area contributed by atoms with Crippen LogP contribution in [-0.4, -0.2) is 42.3 Å². The summed E-state index contributed by atoms with van der Waals surface area (Å²) < 4.78 is 7.50. The summed E-state index contributed by atoms with van der Waals surface area (Å²) in [6.07, 6.45) is 4.19. The zero-order valence-electron chi connectivity index (χ0n) is 10.1. The zero-order valence-corrected chi connectivity index (χ0v) is 10.1. The largest absolute Gasteiger partial charge is 0.448 e. The van der Waals surface area contributed by atoms with E-state index in [-0.39, 0.29) is 6.61 Å². The highest BCUT2D eigenvalue weighted by molar-refractivity contribution is 5.70. The SMILES string of the molecule is CCOC(=O)n1cc(-c2cnc3cccnn23)nn1. The predicted molar refractivity (Wildman–Crippen MR) is 64.4 cm³/mol. The number of imidazole rings is 1. The third-order valence-corrected chi connectivity index (χ3v) is 2.49. The van der Waals surface area contributed by atoms with Gasteiger partial charge in [-0.15, -0.1) is 5.10 Å². The van der Waals surface area contributed by atoms with Gasteiger partial charge in [0.2, 0.25) is 0 Å². The minimum Gasteiger partial charge on any atom is -0.448 e. The average molecular weight is 258 g/mol. The van der Waals surface area contributed by atoms with Gasteiger partial charge in [0, 0.05) is 6.20 Å². The first-order valence-corrected chi connectivity index (χ1v) is 5.68. The Bertz CT molecular complexity index is 731. The van der Waals surface area contributed by atoms with Gasteiger partial charge in [0.15, 0.2) is 5.65 Å². The molecule has 0 fully saturated rings. The molecule has 0 bridgehead atoms. The van der Waals surface area contributed by atoms with Crippen molar-refractivity contribution in [2.45, 2.75) is 6.92 Å². The number of nitrogens with zero attached hydrogens (tertiary/aromatic N) is 6. The number of hydrogen-bond acceptors (Lipinski definition) is 6. The Balaban J connectivity index is 2.01. The van der Waals surface area contributed by atoms with Crippen molar-refractivity contribution in [2.24, 2.45) is 0 Å². The minimum absolute atomic E-state index is 0.283. The van der Waals surface area contributed by atoms with Gasteiger partial charge in [-0.25, -0.2) is 14.3 Å². The lowest BCUT2D eigenvalue weighted by Gasteiger charge is -1.97.